The number of carbonyl (C=O) groups excluding carboxylic acids is 2. The number of benzene rings is 1. The number of fused-ring (bicyclic) bond motifs is 1. The zero-order valence-electron chi connectivity index (χ0n) is 18.5. The van der Waals surface area contributed by atoms with Gasteiger partial charge < -0.3 is 19.8 Å². The minimum absolute atomic E-state index is 0.00187. The van der Waals surface area contributed by atoms with E-state index in [2.05, 4.69) is 5.10 Å². The molecular formula is C22H18BClF4N4O4. The highest BCUT2D eigenvalue weighted by Crippen LogP contribution is 2.43. The van der Waals surface area contributed by atoms with Crippen molar-refractivity contribution >= 4 is 47.2 Å². The number of rotatable bonds is 4. The number of nitrogens with zero attached hydrogens (tertiary/aromatic N) is 4. The topological polar surface area (TPSA) is 98.4 Å². The number of amides is 2. The molecule has 8 nitrogen and oxygen atoms in total. The first kappa shape index (κ1) is 24.5. The predicted octanol–water partition coefficient (Wildman–Crippen LogP) is 2.19. The Balaban J connectivity index is 1.42. The summed E-state index contributed by atoms with van der Waals surface area (Å²) in [5, 5.41) is 22.0. The third-order valence-corrected chi connectivity index (χ3v) is 6.68. The lowest BCUT2D eigenvalue weighted by Crippen LogP contribution is -2.52. The minimum atomic E-state index is -4.73. The molecule has 2 fully saturated rings. The molecule has 5 rings (SSSR count). The lowest BCUT2D eigenvalue weighted by molar-refractivity contribution is -0.142. The second-order valence-electron chi connectivity index (χ2n) is 8.76. The third-order valence-electron chi connectivity index (χ3n) is 6.31. The van der Waals surface area contributed by atoms with E-state index in [0.717, 1.165) is 34.8 Å². The summed E-state index contributed by atoms with van der Waals surface area (Å²) in [6.07, 6.45) is -3.20. The van der Waals surface area contributed by atoms with Crippen LogP contribution in [0, 0.1) is 5.82 Å². The Morgan fingerprint density at radius 2 is 1.86 bits per heavy atom. The van der Waals surface area contributed by atoms with E-state index in [1.54, 1.807) is 0 Å². The van der Waals surface area contributed by atoms with Gasteiger partial charge >= 0.3 is 13.3 Å². The first-order valence-corrected chi connectivity index (χ1v) is 11.4. The van der Waals surface area contributed by atoms with Crippen molar-refractivity contribution in [1.29, 1.82) is 0 Å². The molecule has 14 heteroatoms. The van der Waals surface area contributed by atoms with Crippen molar-refractivity contribution in [2.24, 2.45) is 0 Å². The summed E-state index contributed by atoms with van der Waals surface area (Å²) in [5.41, 5.74) is -1.23. The SMILES string of the molecule is O=C(c1nn2c(C(F)(F)F)cc(C3CC3)cc2c1Cl)N1CCN(c2ccc(B(O)O)cc2F)C(=O)C1. The van der Waals surface area contributed by atoms with Gasteiger partial charge in [-0.2, -0.15) is 18.3 Å². The molecule has 2 amide bonds. The molecule has 1 aliphatic heterocycles. The maximum Gasteiger partial charge on any atom is 0.488 e. The molecule has 0 atom stereocenters. The molecule has 2 N–H and O–H groups in total. The number of alkyl halides is 3. The van der Waals surface area contributed by atoms with Gasteiger partial charge in [-0.3, -0.25) is 9.59 Å². The fraction of sp³-hybridized carbons (Fsp3) is 0.318. The van der Waals surface area contributed by atoms with Crippen molar-refractivity contribution in [3.05, 3.63) is 58.1 Å². The van der Waals surface area contributed by atoms with E-state index in [1.807, 2.05) is 0 Å². The van der Waals surface area contributed by atoms with Gasteiger partial charge in [-0.1, -0.05) is 17.7 Å². The van der Waals surface area contributed by atoms with Crippen LogP contribution in [-0.2, 0) is 11.0 Å². The van der Waals surface area contributed by atoms with Gasteiger partial charge in [0.15, 0.2) is 5.69 Å². The van der Waals surface area contributed by atoms with Gasteiger partial charge in [0.25, 0.3) is 5.91 Å². The van der Waals surface area contributed by atoms with Crippen molar-refractivity contribution in [2.45, 2.75) is 24.9 Å². The Hall–Kier alpha value is -3.16. The van der Waals surface area contributed by atoms with E-state index in [9.17, 15) is 37.2 Å². The lowest BCUT2D eigenvalue weighted by atomic mass is 9.80. The Morgan fingerprint density at radius 1 is 1.14 bits per heavy atom. The maximum atomic E-state index is 14.5. The highest BCUT2D eigenvalue weighted by Gasteiger charge is 2.39. The molecule has 3 heterocycles. The van der Waals surface area contributed by atoms with Crippen molar-refractivity contribution in [3.8, 4) is 0 Å². The molecule has 1 aliphatic carbocycles. The summed E-state index contributed by atoms with van der Waals surface area (Å²) in [6, 6.07) is 5.86. The average molecular weight is 525 g/mol. The van der Waals surface area contributed by atoms with Gasteiger partial charge in [0.1, 0.15) is 18.1 Å². The summed E-state index contributed by atoms with van der Waals surface area (Å²) in [7, 11) is -1.88. The van der Waals surface area contributed by atoms with E-state index >= 15 is 0 Å². The van der Waals surface area contributed by atoms with Crippen LogP contribution in [0.3, 0.4) is 0 Å². The van der Waals surface area contributed by atoms with Crippen molar-refractivity contribution in [2.75, 3.05) is 24.5 Å². The first-order chi connectivity index (χ1) is 17.0. The number of hydrogen-bond donors (Lipinski definition) is 2. The van der Waals surface area contributed by atoms with Crippen LogP contribution in [0.4, 0.5) is 23.2 Å². The van der Waals surface area contributed by atoms with Gasteiger partial charge in [0.05, 0.1) is 16.2 Å². The second-order valence-corrected chi connectivity index (χ2v) is 9.14. The smallest absolute Gasteiger partial charge is 0.423 e. The number of anilines is 1. The highest BCUT2D eigenvalue weighted by molar-refractivity contribution is 6.58. The van der Waals surface area contributed by atoms with Gasteiger partial charge in [-0.05, 0) is 54.1 Å². The molecule has 2 aliphatic rings. The summed E-state index contributed by atoms with van der Waals surface area (Å²) in [5.74, 6) is -2.32. The second kappa shape index (κ2) is 8.75. The van der Waals surface area contributed by atoms with E-state index in [4.69, 9.17) is 11.6 Å². The number of aromatic nitrogens is 2. The molecule has 1 saturated carbocycles. The molecule has 3 aromatic rings. The third kappa shape index (κ3) is 4.31. The van der Waals surface area contributed by atoms with Crippen LogP contribution in [0.25, 0.3) is 5.52 Å². The molecule has 0 unspecified atom stereocenters. The monoisotopic (exact) mass is 524 g/mol. The molecule has 1 aromatic carbocycles. The number of halogens is 5. The van der Waals surface area contributed by atoms with Crippen LogP contribution in [0.5, 0.6) is 0 Å². The summed E-state index contributed by atoms with van der Waals surface area (Å²) in [4.78, 5) is 28.1. The minimum Gasteiger partial charge on any atom is -0.423 e. The average Bonchev–Trinajstić information content (AvgIpc) is 3.61. The van der Waals surface area contributed by atoms with Crippen LogP contribution in [-0.4, -0.2) is 63.1 Å². The molecule has 2 aromatic heterocycles. The van der Waals surface area contributed by atoms with Gasteiger partial charge in [0, 0.05) is 13.1 Å². The molecule has 1 saturated heterocycles. The quantitative estimate of drug-likeness (QED) is 0.403. The summed E-state index contributed by atoms with van der Waals surface area (Å²) in [6.45, 7) is -0.641. The van der Waals surface area contributed by atoms with Crippen LogP contribution >= 0.6 is 11.6 Å². The molecule has 188 valence electrons. The number of hydrogen-bond acceptors (Lipinski definition) is 5. The van der Waals surface area contributed by atoms with E-state index in [0.29, 0.717) is 10.1 Å². The molecule has 0 spiro atoms. The van der Waals surface area contributed by atoms with Crippen molar-refractivity contribution in [3.63, 3.8) is 0 Å². The van der Waals surface area contributed by atoms with Crippen molar-refractivity contribution in [1.82, 2.24) is 14.5 Å². The van der Waals surface area contributed by atoms with Crippen LogP contribution in [0.15, 0.2) is 30.3 Å². The van der Waals surface area contributed by atoms with Crippen LogP contribution < -0.4 is 10.4 Å². The zero-order valence-corrected chi connectivity index (χ0v) is 19.2. The van der Waals surface area contributed by atoms with Crippen LogP contribution in [0.2, 0.25) is 5.02 Å². The Kier molecular flexibility index (Phi) is 5.96. The Morgan fingerprint density at radius 3 is 2.44 bits per heavy atom. The van der Waals surface area contributed by atoms with Crippen LogP contribution in [0.1, 0.15) is 40.5 Å². The van der Waals surface area contributed by atoms with E-state index < -0.39 is 48.9 Å². The molecule has 0 bridgehead atoms. The standard InChI is InChI=1S/C22H18BClF4N4O4/c24-19-16-7-12(11-1-2-11)8-17(22(26,27)28)32(16)29-20(19)21(34)30-5-6-31(18(33)10-30)15-4-3-13(23(35)36)9-14(15)25/h3-4,7-9,11,35-36H,1-2,5-6,10H2. The van der Waals surface area contributed by atoms with E-state index in [-0.39, 0.29) is 40.7 Å². The van der Waals surface area contributed by atoms with Gasteiger partial charge in [-0.25, -0.2) is 8.91 Å². The lowest BCUT2D eigenvalue weighted by Gasteiger charge is -2.34. The molecule has 36 heavy (non-hydrogen) atoms. The summed E-state index contributed by atoms with van der Waals surface area (Å²) < 4.78 is 56.3. The first-order valence-electron chi connectivity index (χ1n) is 11.0. The van der Waals surface area contributed by atoms with Gasteiger partial charge in [-0.15, -0.1) is 0 Å². The molecular weight excluding hydrogens is 507 g/mol. The number of piperazine rings is 1. The Labute approximate surface area is 206 Å². The number of carbonyl (C=O) groups is 2. The predicted molar refractivity (Wildman–Crippen MR) is 122 cm³/mol. The molecule has 0 radical (unpaired) electrons. The largest absolute Gasteiger partial charge is 0.488 e. The zero-order chi connectivity index (χ0) is 25.9. The fourth-order valence-electron chi connectivity index (χ4n) is 4.28. The van der Waals surface area contributed by atoms with Gasteiger partial charge in [0.2, 0.25) is 5.91 Å². The number of pyridine rings is 1. The fourth-order valence-corrected chi connectivity index (χ4v) is 4.54. The highest BCUT2D eigenvalue weighted by atomic mass is 35.5. The van der Waals surface area contributed by atoms with Crippen molar-refractivity contribution < 1.29 is 37.2 Å². The maximum absolute atomic E-state index is 14.5. The summed E-state index contributed by atoms with van der Waals surface area (Å²) >= 11 is 6.33. The Bertz CT molecular complexity index is 1390. The van der Waals surface area contributed by atoms with E-state index in [1.165, 1.54) is 18.2 Å². The normalized spacial score (nSPS) is 16.7.